The summed E-state index contributed by atoms with van der Waals surface area (Å²) in [6.45, 7) is 0. The minimum Gasteiger partial charge on any atom is -0.244 e. The van der Waals surface area contributed by atoms with Crippen molar-refractivity contribution in [1.29, 1.82) is 0 Å². The van der Waals surface area contributed by atoms with Crippen molar-refractivity contribution in [2.24, 2.45) is 0 Å². The Labute approximate surface area is 186 Å². The molecule has 1 heterocycles. The van der Waals surface area contributed by atoms with Crippen LogP contribution in [0, 0.1) is 0 Å². The Bertz CT molecular complexity index is 1660. The van der Waals surface area contributed by atoms with Crippen LogP contribution in [0.1, 0.15) is 22.3 Å². The van der Waals surface area contributed by atoms with Gasteiger partial charge in [-0.1, -0.05) is 66.7 Å². The van der Waals surface area contributed by atoms with Crippen molar-refractivity contribution in [3.05, 3.63) is 107 Å². The Morgan fingerprint density at radius 1 is 0.438 bits per heavy atom. The second kappa shape index (κ2) is 6.86. The molecule has 10 rings (SSSR count). The molecule has 2 nitrogen and oxygen atoms in total. The largest absolute Gasteiger partial charge is 0.244 e. The predicted molar refractivity (Wildman–Crippen MR) is 133 cm³/mol. The average Bonchev–Trinajstić information content (AvgIpc) is 2.84. The first-order valence-corrected chi connectivity index (χ1v) is 11.4. The van der Waals surface area contributed by atoms with Gasteiger partial charge in [0, 0.05) is 5.39 Å². The van der Waals surface area contributed by atoms with Gasteiger partial charge in [-0.25, -0.2) is 9.97 Å². The van der Waals surface area contributed by atoms with Crippen molar-refractivity contribution in [2.45, 2.75) is 25.7 Å². The zero-order chi connectivity index (χ0) is 21.1. The molecule has 0 unspecified atom stereocenters. The Hall–Kier alpha value is -3.78. The SMILES string of the molecule is c1ccc2nc3c(ccc4c3ccc3c5ccc(c34)CCc3ccc(cc3)CC5)nc2c1. The number of hydrogen-bond donors (Lipinski definition) is 0. The predicted octanol–water partition coefficient (Wildman–Crippen LogP) is 6.97. The van der Waals surface area contributed by atoms with Crippen LogP contribution in [0.15, 0.2) is 84.9 Å². The fourth-order valence-electron chi connectivity index (χ4n) is 5.33. The minimum absolute atomic E-state index is 0.947. The normalized spacial score (nSPS) is 13.8. The summed E-state index contributed by atoms with van der Waals surface area (Å²) in [4.78, 5) is 9.92. The lowest BCUT2D eigenvalue weighted by Gasteiger charge is -2.16. The summed E-state index contributed by atoms with van der Waals surface area (Å²) >= 11 is 0. The molecule has 0 spiro atoms. The van der Waals surface area contributed by atoms with Gasteiger partial charge in [0.25, 0.3) is 0 Å². The van der Waals surface area contributed by atoms with Crippen LogP contribution in [0.5, 0.6) is 0 Å². The molecule has 6 aromatic rings. The van der Waals surface area contributed by atoms with E-state index < -0.39 is 0 Å². The van der Waals surface area contributed by atoms with Crippen molar-refractivity contribution >= 4 is 43.6 Å². The molecule has 5 aromatic carbocycles. The van der Waals surface area contributed by atoms with Crippen molar-refractivity contribution in [2.75, 3.05) is 0 Å². The maximum absolute atomic E-state index is 5.03. The van der Waals surface area contributed by atoms with Gasteiger partial charge < -0.3 is 0 Å². The van der Waals surface area contributed by atoms with Crippen LogP contribution in [0.2, 0.25) is 0 Å². The summed E-state index contributed by atoms with van der Waals surface area (Å²) in [5, 5.41) is 5.27. The average molecular weight is 411 g/mol. The molecule has 0 atom stereocenters. The monoisotopic (exact) mass is 410 g/mol. The van der Waals surface area contributed by atoms with E-state index >= 15 is 0 Å². The third-order valence-corrected chi connectivity index (χ3v) is 7.05. The van der Waals surface area contributed by atoms with Gasteiger partial charge in [-0.2, -0.15) is 0 Å². The van der Waals surface area contributed by atoms with E-state index in [1.165, 1.54) is 43.8 Å². The van der Waals surface area contributed by atoms with E-state index in [1.54, 1.807) is 0 Å². The lowest BCUT2D eigenvalue weighted by Crippen LogP contribution is -2.00. The quantitative estimate of drug-likeness (QED) is 0.199. The summed E-state index contributed by atoms with van der Waals surface area (Å²) in [6, 6.07) is 31.1. The summed E-state index contributed by atoms with van der Waals surface area (Å²) in [5.41, 5.74) is 9.54. The van der Waals surface area contributed by atoms with Crippen LogP contribution in [-0.4, -0.2) is 9.97 Å². The van der Waals surface area contributed by atoms with Crippen molar-refractivity contribution < 1.29 is 0 Å². The van der Waals surface area contributed by atoms with Crippen LogP contribution in [-0.2, 0) is 25.7 Å². The van der Waals surface area contributed by atoms with E-state index in [-0.39, 0.29) is 0 Å². The Morgan fingerprint density at radius 2 is 1.06 bits per heavy atom. The highest BCUT2D eigenvalue weighted by Crippen LogP contribution is 2.35. The fraction of sp³-hybridized carbons (Fsp3) is 0.133. The van der Waals surface area contributed by atoms with Gasteiger partial charge >= 0.3 is 0 Å². The molecule has 0 N–H and O–H groups in total. The molecule has 4 bridgehead atoms. The highest BCUT2D eigenvalue weighted by atomic mass is 14.8. The van der Waals surface area contributed by atoms with Gasteiger partial charge in [-0.15, -0.1) is 0 Å². The number of aromatic nitrogens is 2. The summed E-state index contributed by atoms with van der Waals surface area (Å²) < 4.78 is 0. The maximum Gasteiger partial charge on any atom is 0.0973 e. The van der Waals surface area contributed by atoms with Crippen LogP contribution in [0.4, 0.5) is 0 Å². The van der Waals surface area contributed by atoms with E-state index in [0.717, 1.165) is 47.8 Å². The first-order valence-electron chi connectivity index (χ1n) is 11.4. The number of rotatable bonds is 0. The third-order valence-electron chi connectivity index (χ3n) is 7.05. The summed E-state index contributed by atoms with van der Waals surface area (Å²) in [5.74, 6) is 0. The van der Waals surface area contributed by atoms with Gasteiger partial charge in [0.1, 0.15) is 0 Å². The van der Waals surface area contributed by atoms with E-state index in [1.807, 2.05) is 18.2 Å². The number of para-hydroxylation sites is 2. The van der Waals surface area contributed by atoms with E-state index in [9.17, 15) is 0 Å². The molecule has 0 amide bonds. The zero-order valence-electron chi connectivity index (χ0n) is 17.8. The summed E-state index contributed by atoms with van der Waals surface area (Å²) in [6.07, 6.45) is 4.22. The first-order chi connectivity index (χ1) is 15.8. The van der Waals surface area contributed by atoms with Gasteiger partial charge in [-0.3, -0.25) is 0 Å². The number of fused-ring (bicyclic) bond motifs is 4. The topological polar surface area (TPSA) is 25.8 Å². The van der Waals surface area contributed by atoms with E-state index in [2.05, 4.69) is 66.7 Å². The molecular weight excluding hydrogens is 388 g/mol. The molecule has 32 heavy (non-hydrogen) atoms. The minimum atomic E-state index is 0.947. The maximum atomic E-state index is 5.03. The van der Waals surface area contributed by atoms with Crippen molar-refractivity contribution in [1.82, 2.24) is 9.97 Å². The highest BCUT2D eigenvalue weighted by Gasteiger charge is 2.14. The van der Waals surface area contributed by atoms with Crippen LogP contribution >= 0.6 is 0 Å². The molecular formula is C30H22N2. The molecule has 2 heteroatoms. The fourth-order valence-corrected chi connectivity index (χ4v) is 5.33. The molecule has 4 aliphatic rings. The molecule has 152 valence electrons. The van der Waals surface area contributed by atoms with Crippen molar-refractivity contribution in [3.63, 3.8) is 0 Å². The molecule has 0 saturated carbocycles. The number of hydrogen-bond acceptors (Lipinski definition) is 2. The Balaban J connectivity index is 1.54. The molecule has 0 radical (unpaired) electrons. The van der Waals surface area contributed by atoms with E-state index in [0.29, 0.717) is 0 Å². The lowest BCUT2D eigenvalue weighted by atomic mass is 9.88. The summed E-state index contributed by atoms with van der Waals surface area (Å²) in [7, 11) is 0. The van der Waals surface area contributed by atoms with E-state index in [4.69, 9.17) is 9.97 Å². The molecule has 1 aromatic heterocycles. The number of nitrogens with zero attached hydrogens (tertiary/aromatic N) is 2. The van der Waals surface area contributed by atoms with Crippen LogP contribution in [0.25, 0.3) is 43.6 Å². The molecule has 0 saturated heterocycles. The lowest BCUT2D eigenvalue weighted by molar-refractivity contribution is 0.934. The number of aryl methyl sites for hydroxylation is 4. The smallest absolute Gasteiger partial charge is 0.0973 e. The molecule has 0 aliphatic heterocycles. The third kappa shape index (κ3) is 2.73. The van der Waals surface area contributed by atoms with Crippen LogP contribution in [0.3, 0.4) is 0 Å². The van der Waals surface area contributed by atoms with Gasteiger partial charge in [0.2, 0.25) is 0 Å². The Morgan fingerprint density at radius 3 is 1.84 bits per heavy atom. The first kappa shape index (κ1) is 17.9. The zero-order valence-corrected chi connectivity index (χ0v) is 17.8. The molecule has 4 aliphatic carbocycles. The second-order valence-electron chi connectivity index (χ2n) is 8.93. The van der Waals surface area contributed by atoms with Gasteiger partial charge in [0.15, 0.2) is 0 Å². The highest BCUT2D eigenvalue weighted by molar-refractivity contribution is 6.17. The Kier molecular flexibility index (Phi) is 3.83. The van der Waals surface area contributed by atoms with Crippen molar-refractivity contribution in [3.8, 4) is 0 Å². The standard InChI is InChI=1S/C30H22N2/c1-2-4-27-26(3-1)31-28-18-17-24-25(30(28)32-27)16-15-23-21-11-9-19-5-7-20(8-6-19)10-12-22(14-13-21)29(23)24/h1-8,13-18H,9-12H2. The number of benzene rings is 5. The van der Waals surface area contributed by atoms with Gasteiger partial charge in [0.05, 0.1) is 22.1 Å². The van der Waals surface area contributed by atoms with Gasteiger partial charge in [-0.05, 0) is 82.3 Å². The second-order valence-corrected chi connectivity index (χ2v) is 8.93. The van der Waals surface area contributed by atoms with Crippen LogP contribution < -0.4 is 0 Å². The molecule has 0 fully saturated rings.